The van der Waals surface area contributed by atoms with Crippen molar-refractivity contribution in [3.8, 4) is 5.75 Å². The van der Waals surface area contributed by atoms with Crippen molar-refractivity contribution in [2.75, 3.05) is 12.4 Å². The second-order valence-corrected chi connectivity index (χ2v) is 9.08. The summed E-state index contributed by atoms with van der Waals surface area (Å²) in [6, 6.07) is 3.09. The highest BCUT2D eigenvalue weighted by molar-refractivity contribution is 9.10. The predicted molar refractivity (Wildman–Crippen MR) is 103 cm³/mol. The van der Waals surface area contributed by atoms with Crippen molar-refractivity contribution in [1.29, 1.82) is 0 Å². The zero-order chi connectivity index (χ0) is 19.9. The number of carbonyl (C=O) groups excluding carboxylic acids is 1. The summed E-state index contributed by atoms with van der Waals surface area (Å²) in [5, 5.41) is 16.7. The Kier molecular flexibility index (Phi) is 5.30. The van der Waals surface area contributed by atoms with Gasteiger partial charge in [0.2, 0.25) is 5.91 Å². The standard InChI is InChI=1S/C16H20BrN5O4S/c1-9-11(8-18-21(9)2)12-7-14(22(3)27(25,26)20-12)16(24)19-13-6-10(17)4-5-15(13)23/h4-6,8,12,14,20,23H,7H2,1-3H3,(H,19,24)/t12-,14+/m0/s1. The predicted octanol–water partition coefficient (Wildman–Crippen LogP) is 1.41. The van der Waals surface area contributed by atoms with E-state index >= 15 is 0 Å². The Hall–Kier alpha value is -1.95. The number of phenols is 1. The molecule has 9 nitrogen and oxygen atoms in total. The van der Waals surface area contributed by atoms with E-state index in [0.29, 0.717) is 4.47 Å². The summed E-state index contributed by atoms with van der Waals surface area (Å²) in [7, 11) is -0.744. The van der Waals surface area contributed by atoms with Gasteiger partial charge in [-0.1, -0.05) is 15.9 Å². The van der Waals surface area contributed by atoms with E-state index in [4.69, 9.17) is 0 Å². The van der Waals surface area contributed by atoms with Gasteiger partial charge in [-0.05, 0) is 31.5 Å². The minimum atomic E-state index is -3.86. The number of aromatic nitrogens is 2. The number of hydrogen-bond donors (Lipinski definition) is 3. The first kappa shape index (κ1) is 19.8. The van der Waals surface area contributed by atoms with Crippen LogP contribution in [0.4, 0.5) is 5.69 Å². The lowest BCUT2D eigenvalue weighted by molar-refractivity contribution is -0.120. The topological polar surface area (TPSA) is 117 Å². The van der Waals surface area contributed by atoms with E-state index in [0.717, 1.165) is 15.6 Å². The van der Waals surface area contributed by atoms with Crippen molar-refractivity contribution in [2.24, 2.45) is 7.05 Å². The highest BCUT2D eigenvalue weighted by Crippen LogP contribution is 2.31. The molecule has 11 heteroatoms. The van der Waals surface area contributed by atoms with Gasteiger partial charge in [-0.2, -0.15) is 22.5 Å². The molecule has 146 valence electrons. The fourth-order valence-corrected chi connectivity index (χ4v) is 4.62. The van der Waals surface area contributed by atoms with Gasteiger partial charge in [-0.3, -0.25) is 9.48 Å². The third-order valence-electron chi connectivity index (χ3n) is 4.74. The van der Waals surface area contributed by atoms with Gasteiger partial charge in [-0.15, -0.1) is 0 Å². The first-order valence-corrected chi connectivity index (χ1v) is 10.4. The summed E-state index contributed by atoms with van der Waals surface area (Å²) in [6.45, 7) is 1.84. The largest absolute Gasteiger partial charge is 0.506 e. The number of amides is 1. The fourth-order valence-electron chi connectivity index (χ4n) is 3.00. The van der Waals surface area contributed by atoms with Gasteiger partial charge in [0.1, 0.15) is 11.8 Å². The molecular weight excluding hydrogens is 438 g/mol. The quantitative estimate of drug-likeness (QED) is 0.602. The molecule has 0 saturated carbocycles. The third kappa shape index (κ3) is 3.86. The molecule has 2 aromatic rings. The number of phenolic OH excluding ortho intramolecular Hbond substituents is 1. The molecule has 1 aliphatic rings. The van der Waals surface area contributed by atoms with Crippen LogP contribution in [0.15, 0.2) is 28.9 Å². The van der Waals surface area contributed by atoms with Crippen molar-refractivity contribution in [2.45, 2.75) is 25.4 Å². The number of aromatic hydroxyl groups is 1. The number of rotatable bonds is 3. The molecular formula is C16H20BrN5O4S. The molecule has 1 aromatic heterocycles. The maximum absolute atomic E-state index is 12.8. The van der Waals surface area contributed by atoms with Crippen LogP contribution in [-0.2, 0) is 22.1 Å². The van der Waals surface area contributed by atoms with Crippen LogP contribution in [0.2, 0.25) is 0 Å². The summed E-state index contributed by atoms with van der Waals surface area (Å²) < 4.78 is 31.0. The molecule has 1 fully saturated rings. The van der Waals surface area contributed by atoms with Crippen molar-refractivity contribution < 1.29 is 18.3 Å². The highest BCUT2D eigenvalue weighted by Gasteiger charge is 2.41. The molecule has 1 aromatic carbocycles. The van der Waals surface area contributed by atoms with Gasteiger partial charge in [0, 0.05) is 29.8 Å². The summed E-state index contributed by atoms with van der Waals surface area (Å²) in [5.41, 5.74) is 1.74. The normalized spacial score (nSPS) is 22.5. The molecule has 3 rings (SSSR count). The molecule has 1 saturated heterocycles. The molecule has 0 bridgehead atoms. The van der Waals surface area contributed by atoms with Crippen molar-refractivity contribution >= 4 is 37.7 Å². The second-order valence-electron chi connectivity index (χ2n) is 6.40. The van der Waals surface area contributed by atoms with Gasteiger partial charge in [0.05, 0.1) is 17.9 Å². The summed E-state index contributed by atoms with van der Waals surface area (Å²) in [5.74, 6) is -0.631. The Balaban J connectivity index is 1.89. The molecule has 0 spiro atoms. The molecule has 0 radical (unpaired) electrons. The first-order valence-electron chi connectivity index (χ1n) is 8.13. The number of hydrogen-bond acceptors (Lipinski definition) is 5. The van der Waals surface area contributed by atoms with E-state index < -0.39 is 28.2 Å². The number of likely N-dealkylation sites (N-methyl/N-ethyl adjacent to an activating group) is 1. The number of nitrogens with one attached hydrogen (secondary N) is 2. The van der Waals surface area contributed by atoms with Crippen LogP contribution in [0.5, 0.6) is 5.75 Å². The number of aryl methyl sites for hydroxylation is 1. The summed E-state index contributed by atoms with van der Waals surface area (Å²) in [4.78, 5) is 12.8. The lowest BCUT2D eigenvalue weighted by Crippen LogP contribution is -2.56. The molecule has 0 unspecified atom stereocenters. The summed E-state index contributed by atoms with van der Waals surface area (Å²) >= 11 is 3.27. The van der Waals surface area contributed by atoms with Crippen LogP contribution >= 0.6 is 15.9 Å². The van der Waals surface area contributed by atoms with Crippen LogP contribution in [0, 0.1) is 6.92 Å². The Labute approximate surface area is 165 Å². The number of nitrogens with zero attached hydrogens (tertiary/aromatic N) is 3. The van der Waals surface area contributed by atoms with Gasteiger partial charge in [-0.25, -0.2) is 0 Å². The number of carbonyl (C=O) groups is 1. The van der Waals surface area contributed by atoms with Gasteiger partial charge in [0.25, 0.3) is 10.2 Å². The maximum Gasteiger partial charge on any atom is 0.280 e. The van der Waals surface area contributed by atoms with Crippen molar-refractivity contribution in [3.63, 3.8) is 0 Å². The fraction of sp³-hybridized carbons (Fsp3) is 0.375. The highest BCUT2D eigenvalue weighted by atomic mass is 79.9. The Morgan fingerprint density at radius 2 is 2.11 bits per heavy atom. The van der Waals surface area contributed by atoms with Crippen LogP contribution in [0.1, 0.15) is 23.7 Å². The van der Waals surface area contributed by atoms with E-state index in [1.165, 1.54) is 13.1 Å². The average molecular weight is 458 g/mol. The number of benzene rings is 1. The van der Waals surface area contributed by atoms with Gasteiger partial charge >= 0.3 is 0 Å². The SMILES string of the molecule is Cc1c([C@@H]2C[C@H](C(=O)Nc3cc(Br)ccc3O)N(C)S(=O)(=O)N2)cnn1C. The van der Waals surface area contributed by atoms with E-state index in [9.17, 15) is 18.3 Å². The monoisotopic (exact) mass is 457 g/mol. The van der Waals surface area contributed by atoms with Crippen LogP contribution < -0.4 is 10.0 Å². The smallest absolute Gasteiger partial charge is 0.280 e. The lowest BCUT2D eigenvalue weighted by atomic mass is 10.00. The number of anilines is 1. The minimum absolute atomic E-state index is 0.106. The van der Waals surface area contributed by atoms with Crippen molar-refractivity contribution in [3.05, 3.63) is 40.1 Å². The molecule has 1 aliphatic heterocycles. The number of halogens is 1. The van der Waals surface area contributed by atoms with E-state index in [1.807, 2.05) is 6.92 Å². The van der Waals surface area contributed by atoms with Crippen LogP contribution in [-0.4, -0.2) is 46.6 Å². The van der Waals surface area contributed by atoms with Crippen LogP contribution in [0.25, 0.3) is 0 Å². The zero-order valence-electron chi connectivity index (χ0n) is 15.0. The molecule has 2 heterocycles. The van der Waals surface area contributed by atoms with E-state index in [2.05, 4.69) is 31.1 Å². The first-order chi connectivity index (χ1) is 12.6. The average Bonchev–Trinajstić information content (AvgIpc) is 2.92. The van der Waals surface area contributed by atoms with Gasteiger partial charge < -0.3 is 10.4 Å². The molecule has 1 amide bonds. The third-order valence-corrected chi connectivity index (χ3v) is 6.82. The van der Waals surface area contributed by atoms with E-state index in [1.54, 1.807) is 30.1 Å². The molecule has 2 atom stereocenters. The molecule has 27 heavy (non-hydrogen) atoms. The molecule has 0 aliphatic carbocycles. The van der Waals surface area contributed by atoms with Crippen molar-refractivity contribution in [1.82, 2.24) is 18.8 Å². The van der Waals surface area contributed by atoms with Crippen LogP contribution in [0.3, 0.4) is 0 Å². The summed E-state index contributed by atoms with van der Waals surface area (Å²) in [6.07, 6.45) is 1.83. The minimum Gasteiger partial charge on any atom is -0.506 e. The maximum atomic E-state index is 12.8. The lowest BCUT2D eigenvalue weighted by Gasteiger charge is -2.36. The Bertz CT molecular complexity index is 991. The Morgan fingerprint density at radius 1 is 1.41 bits per heavy atom. The second kappa shape index (κ2) is 7.23. The van der Waals surface area contributed by atoms with Gasteiger partial charge in [0.15, 0.2) is 0 Å². The Morgan fingerprint density at radius 3 is 2.74 bits per heavy atom. The zero-order valence-corrected chi connectivity index (χ0v) is 17.4. The van der Waals surface area contributed by atoms with E-state index in [-0.39, 0.29) is 17.9 Å². The molecule has 3 N–H and O–H groups in total.